The van der Waals surface area contributed by atoms with Gasteiger partial charge in [-0.2, -0.15) is 0 Å². The average molecular weight is 394 g/mol. The number of anilines is 1. The van der Waals surface area contributed by atoms with E-state index in [1.54, 1.807) is 0 Å². The number of carbonyl (C=O) groups excluding carboxylic acids is 3. The van der Waals surface area contributed by atoms with E-state index in [1.165, 1.54) is 11.3 Å². The fourth-order valence-electron chi connectivity index (χ4n) is 2.87. The zero-order valence-corrected chi connectivity index (χ0v) is 15.8. The molecule has 0 fully saturated rings. The van der Waals surface area contributed by atoms with Gasteiger partial charge in [0.2, 0.25) is 0 Å². The van der Waals surface area contributed by atoms with Crippen LogP contribution in [0.15, 0.2) is 0 Å². The molecule has 10 heteroatoms. The number of carbonyl (C=O) groups is 3. The standard InChI is InChI=1S/C16H18N4O4S2/c1-2-9-13(26-20-19-9)16(23)24-7-11(21)18-15-12(14(17)22)8-5-3-4-6-10(8)25-15/h2-7H2,1H3,(H2,17,22)(H,18,21). The van der Waals surface area contributed by atoms with E-state index < -0.39 is 24.4 Å². The van der Waals surface area contributed by atoms with E-state index >= 15 is 0 Å². The number of nitrogens with zero attached hydrogens (tertiary/aromatic N) is 2. The van der Waals surface area contributed by atoms with Gasteiger partial charge in [0.15, 0.2) is 11.5 Å². The van der Waals surface area contributed by atoms with Crippen molar-refractivity contribution in [1.29, 1.82) is 0 Å². The van der Waals surface area contributed by atoms with Crippen molar-refractivity contribution in [2.45, 2.75) is 39.0 Å². The molecular formula is C16H18N4O4S2. The number of nitrogens with one attached hydrogen (secondary N) is 1. The first-order valence-corrected chi connectivity index (χ1v) is 9.82. The van der Waals surface area contributed by atoms with Gasteiger partial charge in [-0.05, 0) is 49.2 Å². The molecule has 2 heterocycles. The molecule has 0 atom stereocenters. The third kappa shape index (κ3) is 3.75. The highest BCUT2D eigenvalue weighted by Crippen LogP contribution is 2.37. The Morgan fingerprint density at radius 3 is 2.77 bits per heavy atom. The number of ether oxygens (including phenoxy) is 1. The van der Waals surface area contributed by atoms with Gasteiger partial charge in [0.1, 0.15) is 5.00 Å². The second-order valence-corrected chi connectivity index (χ2v) is 7.67. The summed E-state index contributed by atoms with van der Waals surface area (Å²) < 4.78 is 8.75. The molecule has 0 aliphatic heterocycles. The Hall–Kier alpha value is -2.33. The minimum atomic E-state index is -0.632. The maximum atomic E-state index is 12.2. The second-order valence-electron chi connectivity index (χ2n) is 5.81. The molecule has 138 valence electrons. The highest BCUT2D eigenvalue weighted by molar-refractivity contribution is 7.17. The number of nitrogens with two attached hydrogens (primary N) is 1. The molecule has 0 saturated heterocycles. The van der Waals surface area contributed by atoms with Crippen LogP contribution in [0.5, 0.6) is 0 Å². The molecule has 2 aromatic heterocycles. The predicted octanol–water partition coefficient (Wildman–Crippen LogP) is 1.94. The van der Waals surface area contributed by atoms with E-state index in [4.69, 9.17) is 10.5 Å². The molecule has 2 amide bonds. The van der Waals surface area contributed by atoms with Crippen molar-refractivity contribution in [3.8, 4) is 0 Å². The first kappa shape index (κ1) is 18.5. The number of thiophene rings is 1. The molecular weight excluding hydrogens is 376 g/mol. The van der Waals surface area contributed by atoms with Gasteiger partial charge in [-0.3, -0.25) is 9.59 Å². The highest BCUT2D eigenvalue weighted by Gasteiger charge is 2.25. The van der Waals surface area contributed by atoms with Crippen molar-refractivity contribution in [3.63, 3.8) is 0 Å². The lowest BCUT2D eigenvalue weighted by molar-refractivity contribution is -0.119. The van der Waals surface area contributed by atoms with Gasteiger partial charge in [-0.1, -0.05) is 11.4 Å². The van der Waals surface area contributed by atoms with Gasteiger partial charge in [-0.25, -0.2) is 4.79 Å². The molecule has 0 aromatic carbocycles. The monoisotopic (exact) mass is 394 g/mol. The van der Waals surface area contributed by atoms with Crippen molar-refractivity contribution >= 4 is 45.7 Å². The Kier molecular flexibility index (Phi) is 5.62. The van der Waals surface area contributed by atoms with Gasteiger partial charge in [0, 0.05) is 4.88 Å². The number of hydrogen-bond acceptors (Lipinski definition) is 8. The van der Waals surface area contributed by atoms with Gasteiger partial charge < -0.3 is 15.8 Å². The Labute approximate surface area is 157 Å². The van der Waals surface area contributed by atoms with E-state index in [0.29, 0.717) is 27.6 Å². The predicted molar refractivity (Wildman–Crippen MR) is 97.7 cm³/mol. The largest absolute Gasteiger partial charge is 0.451 e. The molecule has 8 nitrogen and oxygen atoms in total. The third-order valence-electron chi connectivity index (χ3n) is 4.08. The minimum Gasteiger partial charge on any atom is -0.451 e. The van der Waals surface area contributed by atoms with Crippen LogP contribution >= 0.6 is 22.9 Å². The van der Waals surface area contributed by atoms with E-state index in [2.05, 4.69) is 14.9 Å². The van der Waals surface area contributed by atoms with Gasteiger partial charge in [0.05, 0.1) is 11.3 Å². The van der Waals surface area contributed by atoms with E-state index in [9.17, 15) is 14.4 Å². The second kappa shape index (κ2) is 7.92. The van der Waals surface area contributed by atoms with Gasteiger partial charge in [-0.15, -0.1) is 16.4 Å². The zero-order chi connectivity index (χ0) is 18.7. The van der Waals surface area contributed by atoms with Crippen LogP contribution in [0.25, 0.3) is 0 Å². The lowest BCUT2D eigenvalue weighted by Crippen LogP contribution is -2.23. The molecule has 0 unspecified atom stereocenters. The first-order chi connectivity index (χ1) is 12.5. The number of primary amides is 1. The average Bonchev–Trinajstić information content (AvgIpc) is 3.23. The quantitative estimate of drug-likeness (QED) is 0.722. The van der Waals surface area contributed by atoms with Crippen molar-refractivity contribution in [3.05, 3.63) is 26.6 Å². The van der Waals surface area contributed by atoms with Crippen molar-refractivity contribution < 1.29 is 19.1 Å². The SMILES string of the molecule is CCc1nnsc1C(=O)OCC(=O)Nc1sc2c(c1C(N)=O)CCCC2. The molecule has 0 bridgehead atoms. The van der Waals surface area contributed by atoms with Crippen LogP contribution < -0.4 is 11.1 Å². The fraction of sp³-hybridized carbons (Fsp3) is 0.438. The van der Waals surface area contributed by atoms with Crippen LogP contribution in [-0.2, 0) is 28.8 Å². The van der Waals surface area contributed by atoms with Crippen LogP contribution in [0, 0.1) is 0 Å². The minimum absolute atomic E-state index is 0.296. The first-order valence-electron chi connectivity index (χ1n) is 8.23. The Bertz CT molecular complexity index is 859. The Morgan fingerprint density at radius 1 is 1.27 bits per heavy atom. The fourth-order valence-corrected chi connectivity index (χ4v) is 4.82. The number of amides is 2. The lowest BCUT2D eigenvalue weighted by atomic mass is 9.95. The van der Waals surface area contributed by atoms with Gasteiger partial charge in [0.25, 0.3) is 11.8 Å². The number of hydrogen-bond donors (Lipinski definition) is 2. The summed E-state index contributed by atoms with van der Waals surface area (Å²) in [6, 6.07) is 0. The highest BCUT2D eigenvalue weighted by atomic mass is 32.1. The van der Waals surface area contributed by atoms with E-state index in [0.717, 1.165) is 47.7 Å². The molecule has 1 aliphatic rings. The number of aromatic nitrogens is 2. The summed E-state index contributed by atoms with van der Waals surface area (Å²) in [7, 11) is 0. The number of rotatable bonds is 6. The van der Waals surface area contributed by atoms with Crippen LogP contribution in [0.2, 0.25) is 0 Å². The molecule has 26 heavy (non-hydrogen) atoms. The lowest BCUT2D eigenvalue weighted by Gasteiger charge is -2.11. The number of esters is 1. The summed E-state index contributed by atoms with van der Waals surface area (Å²) in [5, 5.41) is 6.92. The summed E-state index contributed by atoms with van der Waals surface area (Å²) in [6.45, 7) is 1.39. The van der Waals surface area contributed by atoms with Crippen molar-refractivity contribution in [2.75, 3.05) is 11.9 Å². The topological polar surface area (TPSA) is 124 Å². The summed E-state index contributed by atoms with van der Waals surface area (Å²) in [5.74, 6) is -1.71. The smallest absolute Gasteiger partial charge is 0.352 e. The third-order valence-corrected chi connectivity index (χ3v) is 6.04. The molecule has 3 N–H and O–H groups in total. The van der Waals surface area contributed by atoms with E-state index in [-0.39, 0.29) is 0 Å². The van der Waals surface area contributed by atoms with Crippen molar-refractivity contribution in [1.82, 2.24) is 9.59 Å². The summed E-state index contributed by atoms with van der Waals surface area (Å²) in [5.41, 5.74) is 7.35. The number of fused-ring (bicyclic) bond motifs is 1. The number of aryl methyl sites for hydroxylation is 2. The van der Waals surface area contributed by atoms with Crippen LogP contribution in [-0.4, -0.2) is 34.0 Å². The molecule has 1 aliphatic carbocycles. The van der Waals surface area contributed by atoms with Gasteiger partial charge >= 0.3 is 5.97 Å². The summed E-state index contributed by atoms with van der Waals surface area (Å²) in [6.07, 6.45) is 4.27. The molecule has 0 radical (unpaired) electrons. The van der Waals surface area contributed by atoms with Crippen LogP contribution in [0.4, 0.5) is 5.00 Å². The Balaban J connectivity index is 1.66. The maximum absolute atomic E-state index is 12.2. The molecule has 2 aromatic rings. The summed E-state index contributed by atoms with van der Waals surface area (Å²) in [4.78, 5) is 37.4. The Morgan fingerprint density at radius 2 is 2.04 bits per heavy atom. The summed E-state index contributed by atoms with van der Waals surface area (Å²) >= 11 is 2.30. The molecule has 0 saturated carbocycles. The van der Waals surface area contributed by atoms with E-state index in [1.807, 2.05) is 6.92 Å². The molecule has 0 spiro atoms. The van der Waals surface area contributed by atoms with Crippen LogP contribution in [0.3, 0.4) is 0 Å². The normalized spacial score (nSPS) is 13.1. The van der Waals surface area contributed by atoms with Crippen molar-refractivity contribution in [2.24, 2.45) is 5.73 Å². The van der Waals surface area contributed by atoms with Crippen LogP contribution in [0.1, 0.15) is 55.9 Å². The zero-order valence-electron chi connectivity index (χ0n) is 14.2. The molecule has 3 rings (SSSR count). The maximum Gasteiger partial charge on any atom is 0.352 e.